The molecule has 1 aromatic heterocycles. The summed E-state index contributed by atoms with van der Waals surface area (Å²) in [5, 5.41) is 11.0. The van der Waals surface area contributed by atoms with Crippen molar-refractivity contribution in [2.45, 2.75) is 43.5 Å². The van der Waals surface area contributed by atoms with E-state index in [4.69, 9.17) is 16.3 Å². The standard InChI is InChI=1S/C41H39ClN2O5S/c1-28-16-23-39(38(26-28)49-2)50(47,48)43-25-24-37-34(15-9-10-29-17-19-32(20-18-29)41(45)46)35-27-33(42)21-22-36(35)44(37)40(30-11-5-3-6-12-30)31-13-7-4-8-14-31/h3-8,11-14,16-23,26-27,40,43H,9-10,15,24-25H2,1-2H3,(H,45,46). The van der Waals surface area contributed by atoms with Crippen molar-refractivity contribution >= 4 is 38.5 Å². The number of aromatic nitrogens is 1. The minimum Gasteiger partial charge on any atom is -0.495 e. The molecule has 5 aromatic carbocycles. The number of hydrogen-bond acceptors (Lipinski definition) is 4. The minimum absolute atomic E-state index is 0.0958. The number of rotatable bonds is 14. The minimum atomic E-state index is -3.89. The molecule has 0 aliphatic heterocycles. The lowest BCUT2D eigenvalue weighted by Crippen LogP contribution is -2.28. The molecular weight excluding hydrogens is 668 g/mol. The van der Waals surface area contributed by atoms with Crippen molar-refractivity contribution in [1.82, 2.24) is 9.29 Å². The van der Waals surface area contributed by atoms with Gasteiger partial charge in [-0.1, -0.05) is 90.5 Å². The second-order valence-electron chi connectivity index (χ2n) is 12.3. The number of nitrogens with one attached hydrogen (secondary N) is 1. The Morgan fingerprint density at radius 1 is 0.840 bits per heavy atom. The average molecular weight is 707 g/mol. The number of hydrogen-bond donors (Lipinski definition) is 2. The van der Waals surface area contributed by atoms with Crippen molar-refractivity contribution in [2.24, 2.45) is 0 Å². The van der Waals surface area contributed by atoms with E-state index in [1.54, 1.807) is 30.3 Å². The highest BCUT2D eigenvalue weighted by atomic mass is 35.5. The van der Waals surface area contributed by atoms with Crippen molar-refractivity contribution in [3.63, 3.8) is 0 Å². The maximum atomic E-state index is 13.6. The molecule has 0 fully saturated rings. The van der Waals surface area contributed by atoms with Gasteiger partial charge in [-0.25, -0.2) is 17.9 Å². The smallest absolute Gasteiger partial charge is 0.335 e. The third-order valence-corrected chi connectivity index (χ3v) is 10.8. The van der Waals surface area contributed by atoms with Gasteiger partial charge in [0.15, 0.2) is 0 Å². The van der Waals surface area contributed by atoms with E-state index in [1.807, 2.05) is 67.6 Å². The lowest BCUT2D eigenvalue weighted by molar-refractivity contribution is 0.0697. The van der Waals surface area contributed by atoms with E-state index in [-0.39, 0.29) is 23.0 Å². The first-order chi connectivity index (χ1) is 24.2. The molecule has 0 aliphatic rings. The molecule has 50 heavy (non-hydrogen) atoms. The fourth-order valence-electron chi connectivity index (χ4n) is 6.67. The monoisotopic (exact) mass is 706 g/mol. The summed E-state index contributed by atoms with van der Waals surface area (Å²) in [6.45, 7) is 2.04. The molecule has 0 spiro atoms. The fourth-order valence-corrected chi connectivity index (χ4v) is 8.03. The number of benzene rings is 5. The van der Waals surface area contributed by atoms with E-state index in [0.717, 1.165) is 57.3 Å². The Morgan fingerprint density at radius 3 is 2.12 bits per heavy atom. The molecule has 0 saturated carbocycles. The predicted octanol–water partition coefficient (Wildman–Crippen LogP) is 8.64. The van der Waals surface area contributed by atoms with Crippen molar-refractivity contribution < 1.29 is 23.1 Å². The number of ether oxygens (including phenoxy) is 1. The lowest BCUT2D eigenvalue weighted by atomic mass is 9.97. The quantitative estimate of drug-likeness (QED) is 0.118. The van der Waals surface area contributed by atoms with E-state index < -0.39 is 16.0 Å². The number of sulfonamides is 1. The number of methoxy groups -OCH3 is 1. The van der Waals surface area contributed by atoms with Crippen LogP contribution in [0.3, 0.4) is 0 Å². The van der Waals surface area contributed by atoms with Crippen LogP contribution < -0.4 is 9.46 Å². The molecule has 0 saturated heterocycles. The van der Waals surface area contributed by atoms with Crippen LogP contribution in [0.1, 0.15) is 56.3 Å². The number of fused-ring (bicyclic) bond motifs is 1. The van der Waals surface area contributed by atoms with Gasteiger partial charge in [0.1, 0.15) is 10.6 Å². The Kier molecular flexibility index (Phi) is 10.7. The van der Waals surface area contributed by atoms with Gasteiger partial charge in [0.05, 0.1) is 18.7 Å². The zero-order valence-electron chi connectivity index (χ0n) is 28.0. The molecule has 0 bridgehead atoms. The van der Waals surface area contributed by atoms with Crippen LogP contribution in [-0.4, -0.2) is 37.7 Å². The number of nitrogens with zero attached hydrogens (tertiary/aromatic N) is 1. The highest BCUT2D eigenvalue weighted by Gasteiger charge is 2.26. The largest absolute Gasteiger partial charge is 0.495 e. The summed E-state index contributed by atoms with van der Waals surface area (Å²) >= 11 is 6.65. The van der Waals surface area contributed by atoms with Crippen LogP contribution in [0.15, 0.2) is 126 Å². The van der Waals surface area contributed by atoms with Crippen molar-refractivity contribution in [2.75, 3.05) is 13.7 Å². The zero-order chi connectivity index (χ0) is 35.3. The summed E-state index contributed by atoms with van der Waals surface area (Å²) in [6.07, 6.45) is 2.65. The van der Waals surface area contributed by atoms with Crippen LogP contribution in [0.25, 0.3) is 10.9 Å². The maximum Gasteiger partial charge on any atom is 0.335 e. The summed E-state index contributed by atoms with van der Waals surface area (Å²) in [5.41, 5.74) is 7.53. The van der Waals surface area contributed by atoms with Crippen molar-refractivity contribution in [3.05, 3.63) is 165 Å². The van der Waals surface area contributed by atoms with Gasteiger partial charge in [-0.3, -0.25) is 0 Å². The number of carbonyl (C=O) groups is 1. The Balaban J connectivity index is 1.43. The highest BCUT2D eigenvalue weighted by molar-refractivity contribution is 7.89. The van der Waals surface area contributed by atoms with Crippen LogP contribution in [-0.2, 0) is 29.3 Å². The SMILES string of the molecule is COc1cc(C)ccc1S(=O)(=O)NCCc1c(CCCc2ccc(C(=O)O)cc2)c2cc(Cl)ccc2n1C(c1ccccc1)c1ccccc1. The number of carboxylic acid groups (broad SMARTS) is 1. The first-order valence-electron chi connectivity index (χ1n) is 16.5. The molecule has 0 aliphatic carbocycles. The first kappa shape index (κ1) is 35.0. The Hall–Kier alpha value is -4.89. The Bertz CT molecular complexity index is 2180. The fraction of sp³-hybridized carbons (Fsp3) is 0.195. The lowest BCUT2D eigenvalue weighted by Gasteiger charge is -2.25. The topological polar surface area (TPSA) is 97.6 Å². The van der Waals surface area contributed by atoms with Crippen LogP contribution in [0.2, 0.25) is 5.02 Å². The summed E-state index contributed by atoms with van der Waals surface area (Å²) in [4.78, 5) is 11.5. The summed E-state index contributed by atoms with van der Waals surface area (Å²) in [7, 11) is -2.42. The number of carboxylic acids is 1. The molecule has 6 aromatic rings. The Morgan fingerprint density at radius 2 is 1.50 bits per heavy atom. The highest BCUT2D eigenvalue weighted by Crippen LogP contribution is 2.38. The molecule has 0 atom stereocenters. The van der Waals surface area contributed by atoms with Gasteiger partial charge >= 0.3 is 5.97 Å². The van der Waals surface area contributed by atoms with E-state index in [2.05, 4.69) is 39.6 Å². The number of aromatic carboxylic acids is 1. The molecule has 0 unspecified atom stereocenters. The maximum absolute atomic E-state index is 13.6. The van der Waals surface area contributed by atoms with Gasteiger partial charge in [0.25, 0.3) is 0 Å². The number of halogens is 1. The third kappa shape index (κ3) is 7.63. The van der Waals surface area contributed by atoms with E-state index >= 15 is 0 Å². The molecule has 2 N–H and O–H groups in total. The molecule has 0 amide bonds. The molecule has 6 rings (SSSR count). The van der Waals surface area contributed by atoms with Crippen LogP contribution in [0, 0.1) is 6.92 Å². The number of aryl methyl sites for hydroxylation is 3. The van der Waals surface area contributed by atoms with Crippen LogP contribution in [0.5, 0.6) is 5.75 Å². The van der Waals surface area contributed by atoms with Crippen LogP contribution in [0.4, 0.5) is 0 Å². The molecule has 1 heterocycles. The molecule has 7 nitrogen and oxygen atoms in total. The van der Waals surface area contributed by atoms with Gasteiger partial charge < -0.3 is 14.4 Å². The van der Waals surface area contributed by atoms with Crippen LogP contribution >= 0.6 is 11.6 Å². The average Bonchev–Trinajstić information content (AvgIpc) is 3.40. The van der Waals surface area contributed by atoms with Gasteiger partial charge in [-0.05, 0) is 96.5 Å². The van der Waals surface area contributed by atoms with Gasteiger partial charge in [-0.15, -0.1) is 0 Å². The molecule has 9 heteroatoms. The van der Waals surface area contributed by atoms with E-state index in [9.17, 15) is 18.3 Å². The first-order valence-corrected chi connectivity index (χ1v) is 18.4. The van der Waals surface area contributed by atoms with Gasteiger partial charge in [0.2, 0.25) is 10.0 Å². The summed E-state index contributed by atoms with van der Waals surface area (Å²) in [6, 6.07) is 38.4. The second-order valence-corrected chi connectivity index (χ2v) is 14.5. The van der Waals surface area contributed by atoms with Crippen molar-refractivity contribution in [3.8, 4) is 5.75 Å². The molecule has 0 radical (unpaired) electrons. The predicted molar refractivity (Wildman–Crippen MR) is 199 cm³/mol. The van der Waals surface area contributed by atoms with E-state index in [0.29, 0.717) is 23.6 Å². The third-order valence-electron chi connectivity index (χ3n) is 9.03. The Labute approximate surface area is 298 Å². The summed E-state index contributed by atoms with van der Waals surface area (Å²) in [5.74, 6) is -0.653. The molecule has 256 valence electrons. The normalized spacial score (nSPS) is 11.7. The zero-order valence-corrected chi connectivity index (χ0v) is 29.5. The summed E-state index contributed by atoms with van der Waals surface area (Å²) < 4.78 is 37.9. The van der Waals surface area contributed by atoms with Gasteiger partial charge in [0, 0.05) is 34.6 Å². The second kappa shape index (κ2) is 15.3. The van der Waals surface area contributed by atoms with Gasteiger partial charge in [-0.2, -0.15) is 0 Å². The van der Waals surface area contributed by atoms with E-state index in [1.165, 1.54) is 7.11 Å². The van der Waals surface area contributed by atoms with Crippen molar-refractivity contribution in [1.29, 1.82) is 0 Å². The molecular formula is C41H39ClN2O5S.